The summed E-state index contributed by atoms with van der Waals surface area (Å²) in [7, 11) is 4.34. The van der Waals surface area contributed by atoms with E-state index in [1.807, 2.05) is 0 Å². The van der Waals surface area contributed by atoms with E-state index in [9.17, 15) is 0 Å². The van der Waals surface area contributed by atoms with Gasteiger partial charge in [-0.15, -0.1) is 12.4 Å². The summed E-state index contributed by atoms with van der Waals surface area (Å²) in [6.07, 6.45) is 3.57. The molecule has 2 aromatic rings. The highest BCUT2D eigenvalue weighted by molar-refractivity contribution is 5.85. The Balaban J connectivity index is 0.00000192. The fraction of sp³-hybridized carbons (Fsp3) is 0.429. The molecule has 1 atom stereocenters. The lowest BCUT2D eigenvalue weighted by Gasteiger charge is -2.25. The van der Waals surface area contributed by atoms with Crippen molar-refractivity contribution in [3.63, 3.8) is 0 Å². The molecule has 2 aromatic carbocycles. The SMILES string of the molecule is CC(CC1c2ccccc2CCc2ccccc21)CN(C)C.Cl. The van der Waals surface area contributed by atoms with Crippen LogP contribution in [0.5, 0.6) is 0 Å². The minimum atomic E-state index is 0. The molecule has 0 aliphatic heterocycles. The first-order chi connectivity index (χ1) is 10.6. The third-order valence-corrected chi connectivity index (χ3v) is 4.84. The van der Waals surface area contributed by atoms with Crippen molar-refractivity contribution in [3.8, 4) is 0 Å². The van der Waals surface area contributed by atoms with Crippen LogP contribution < -0.4 is 0 Å². The highest BCUT2D eigenvalue weighted by Crippen LogP contribution is 2.38. The summed E-state index contributed by atoms with van der Waals surface area (Å²) in [6, 6.07) is 18.1. The van der Waals surface area contributed by atoms with Crippen LogP contribution >= 0.6 is 12.4 Å². The van der Waals surface area contributed by atoms with Crippen LogP contribution in [0.1, 0.15) is 41.5 Å². The maximum Gasteiger partial charge on any atom is 0.00978 e. The second kappa shape index (κ2) is 7.99. The third kappa shape index (κ3) is 4.16. The lowest BCUT2D eigenvalue weighted by Crippen LogP contribution is -2.21. The van der Waals surface area contributed by atoms with Gasteiger partial charge in [-0.2, -0.15) is 0 Å². The minimum Gasteiger partial charge on any atom is -0.309 e. The summed E-state index contributed by atoms with van der Waals surface area (Å²) < 4.78 is 0. The largest absolute Gasteiger partial charge is 0.309 e. The van der Waals surface area contributed by atoms with Crippen LogP contribution in [0.25, 0.3) is 0 Å². The fourth-order valence-electron chi connectivity index (χ4n) is 3.99. The van der Waals surface area contributed by atoms with Gasteiger partial charge in [-0.25, -0.2) is 0 Å². The molecule has 1 nitrogen and oxygen atoms in total. The molecule has 3 rings (SSSR count). The summed E-state index contributed by atoms with van der Waals surface area (Å²) >= 11 is 0. The van der Waals surface area contributed by atoms with Gasteiger partial charge in [0.15, 0.2) is 0 Å². The zero-order valence-corrected chi connectivity index (χ0v) is 15.3. The number of rotatable bonds is 4. The Hall–Kier alpha value is -1.31. The Kier molecular flexibility index (Phi) is 6.26. The average Bonchev–Trinajstić information content (AvgIpc) is 2.65. The maximum atomic E-state index is 2.39. The van der Waals surface area contributed by atoms with Gasteiger partial charge in [-0.3, -0.25) is 0 Å². The van der Waals surface area contributed by atoms with Gasteiger partial charge in [0, 0.05) is 12.5 Å². The first kappa shape index (κ1) is 18.0. The van der Waals surface area contributed by atoms with Crippen molar-refractivity contribution in [1.82, 2.24) is 4.90 Å². The summed E-state index contributed by atoms with van der Waals surface area (Å²) in [5, 5.41) is 0. The highest BCUT2D eigenvalue weighted by Gasteiger charge is 2.24. The molecule has 0 saturated carbocycles. The van der Waals surface area contributed by atoms with E-state index in [0.29, 0.717) is 11.8 Å². The molecule has 0 heterocycles. The van der Waals surface area contributed by atoms with Crippen LogP contribution in [0.2, 0.25) is 0 Å². The number of nitrogens with zero attached hydrogens (tertiary/aromatic N) is 1. The molecule has 0 amide bonds. The van der Waals surface area contributed by atoms with E-state index in [4.69, 9.17) is 0 Å². The number of benzene rings is 2. The first-order valence-electron chi connectivity index (χ1n) is 8.45. The molecule has 1 aliphatic rings. The smallest absolute Gasteiger partial charge is 0.00978 e. The van der Waals surface area contributed by atoms with E-state index in [-0.39, 0.29) is 12.4 Å². The number of hydrogen-bond acceptors (Lipinski definition) is 1. The average molecular weight is 330 g/mol. The molecule has 0 radical (unpaired) electrons. The maximum absolute atomic E-state index is 2.39. The van der Waals surface area contributed by atoms with Gasteiger partial charge in [0.25, 0.3) is 0 Å². The zero-order valence-electron chi connectivity index (χ0n) is 14.5. The molecular weight excluding hydrogens is 302 g/mol. The minimum absolute atomic E-state index is 0. The number of fused-ring (bicyclic) bond motifs is 2. The monoisotopic (exact) mass is 329 g/mol. The number of hydrogen-bond donors (Lipinski definition) is 0. The number of halogens is 1. The molecule has 2 heteroatoms. The van der Waals surface area contributed by atoms with Crippen LogP contribution in [-0.2, 0) is 12.8 Å². The van der Waals surface area contributed by atoms with Crippen LogP contribution in [0.4, 0.5) is 0 Å². The molecule has 124 valence electrons. The van der Waals surface area contributed by atoms with E-state index in [0.717, 1.165) is 6.54 Å². The van der Waals surface area contributed by atoms with Crippen LogP contribution in [0.3, 0.4) is 0 Å². The molecule has 1 unspecified atom stereocenters. The normalized spacial score (nSPS) is 15.3. The van der Waals surface area contributed by atoms with Crippen molar-refractivity contribution in [2.75, 3.05) is 20.6 Å². The Morgan fingerprint density at radius 3 is 1.87 bits per heavy atom. The van der Waals surface area contributed by atoms with Gasteiger partial charge in [0.05, 0.1) is 0 Å². The summed E-state index contributed by atoms with van der Waals surface area (Å²) in [4.78, 5) is 2.30. The van der Waals surface area contributed by atoms with E-state index in [2.05, 4.69) is 74.4 Å². The quantitative estimate of drug-likeness (QED) is 0.769. The second-order valence-corrected chi connectivity index (χ2v) is 7.05. The van der Waals surface area contributed by atoms with Crippen molar-refractivity contribution < 1.29 is 0 Å². The second-order valence-electron chi connectivity index (χ2n) is 7.05. The van der Waals surface area contributed by atoms with E-state index in [1.165, 1.54) is 19.3 Å². The van der Waals surface area contributed by atoms with Gasteiger partial charge in [0.2, 0.25) is 0 Å². The Bertz CT molecular complexity index is 588. The van der Waals surface area contributed by atoms with E-state index in [1.54, 1.807) is 22.3 Å². The molecule has 0 spiro atoms. The highest BCUT2D eigenvalue weighted by atomic mass is 35.5. The van der Waals surface area contributed by atoms with Gasteiger partial charge in [-0.05, 0) is 61.5 Å². The standard InChI is InChI=1S/C21H27N.ClH/c1-16(15-22(2)3)14-21-19-10-6-4-8-17(19)12-13-18-9-5-7-11-20(18)21;/h4-11,16,21H,12-15H2,1-3H3;1H. The Morgan fingerprint density at radius 2 is 1.39 bits per heavy atom. The molecule has 0 aromatic heterocycles. The van der Waals surface area contributed by atoms with Crippen LogP contribution in [-0.4, -0.2) is 25.5 Å². The Morgan fingerprint density at radius 1 is 0.913 bits per heavy atom. The topological polar surface area (TPSA) is 3.24 Å². The summed E-state index contributed by atoms with van der Waals surface area (Å²) in [5.74, 6) is 1.24. The van der Waals surface area contributed by atoms with E-state index >= 15 is 0 Å². The van der Waals surface area contributed by atoms with Gasteiger partial charge in [-0.1, -0.05) is 55.5 Å². The van der Waals surface area contributed by atoms with Crippen molar-refractivity contribution in [2.24, 2.45) is 5.92 Å². The lowest BCUT2D eigenvalue weighted by atomic mass is 9.82. The van der Waals surface area contributed by atoms with Crippen molar-refractivity contribution in [3.05, 3.63) is 70.8 Å². The molecule has 0 bridgehead atoms. The molecular formula is C21H28ClN. The van der Waals surface area contributed by atoms with Crippen molar-refractivity contribution in [1.29, 1.82) is 0 Å². The summed E-state index contributed by atoms with van der Waals surface area (Å²) in [6.45, 7) is 3.54. The van der Waals surface area contributed by atoms with Crippen molar-refractivity contribution in [2.45, 2.75) is 32.1 Å². The van der Waals surface area contributed by atoms with Crippen LogP contribution in [0, 0.1) is 5.92 Å². The van der Waals surface area contributed by atoms with Gasteiger partial charge in [0.1, 0.15) is 0 Å². The molecule has 0 N–H and O–H groups in total. The van der Waals surface area contributed by atoms with Gasteiger partial charge < -0.3 is 4.90 Å². The lowest BCUT2D eigenvalue weighted by molar-refractivity contribution is 0.321. The number of aryl methyl sites for hydroxylation is 2. The first-order valence-corrected chi connectivity index (χ1v) is 8.45. The zero-order chi connectivity index (χ0) is 15.5. The van der Waals surface area contributed by atoms with Gasteiger partial charge >= 0.3 is 0 Å². The van der Waals surface area contributed by atoms with Crippen LogP contribution in [0.15, 0.2) is 48.5 Å². The van der Waals surface area contributed by atoms with Crippen molar-refractivity contribution >= 4 is 12.4 Å². The fourth-order valence-corrected chi connectivity index (χ4v) is 3.99. The molecule has 0 fully saturated rings. The summed E-state index contributed by atoms with van der Waals surface area (Å²) in [5.41, 5.74) is 6.19. The van der Waals surface area contributed by atoms with E-state index < -0.39 is 0 Å². The predicted molar refractivity (Wildman–Crippen MR) is 102 cm³/mol. The molecule has 0 saturated heterocycles. The Labute approximate surface area is 147 Å². The predicted octanol–water partition coefficient (Wildman–Crippen LogP) is 4.93. The third-order valence-electron chi connectivity index (χ3n) is 4.84. The molecule has 23 heavy (non-hydrogen) atoms. The molecule has 1 aliphatic carbocycles.